The second kappa shape index (κ2) is 5.67. The van der Waals surface area contributed by atoms with Crippen molar-refractivity contribution in [3.63, 3.8) is 0 Å². The van der Waals surface area contributed by atoms with Gasteiger partial charge in [0.15, 0.2) is 0 Å². The molecule has 0 fully saturated rings. The maximum absolute atomic E-state index is 12.1. The number of rotatable bonds is 4. The molecular formula is C15H22N2O3S. The van der Waals surface area contributed by atoms with Crippen molar-refractivity contribution in [1.82, 2.24) is 5.32 Å². The standard InChI is InChI=1S/C15H22N2O3S/c1-10(2)9-16-15(18)12-5-6-14-13(8-12)7-11(3)17(14)21(4,19)20/h5-6,8,10-11H,7,9H2,1-4H3,(H,16,18)/t11-/m0/s1. The maximum Gasteiger partial charge on any atom is 0.251 e. The summed E-state index contributed by atoms with van der Waals surface area (Å²) in [6, 6.07) is 5.10. The smallest absolute Gasteiger partial charge is 0.251 e. The molecule has 1 aliphatic rings. The lowest BCUT2D eigenvalue weighted by atomic mass is 10.1. The van der Waals surface area contributed by atoms with Gasteiger partial charge in [-0.15, -0.1) is 0 Å². The van der Waals surface area contributed by atoms with Crippen molar-refractivity contribution in [2.24, 2.45) is 5.92 Å². The van der Waals surface area contributed by atoms with E-state index in [-0.39, 0.29) is 11.9 Å². The monoisotopic (exact) mass is 310 g/mol. The molecule has 1 aliphatic heterocycles. The second-order valence-corrected chi connectivity index (χ2v) is 7.92. The number of carbonyl (C=O) groups is 1. The summed E-state index contributed by atoms with van der Waals surface area (Å²) in [5.41, 5.74) is 2.17. The maximum atomic E-state index is 12.1. The summed E-state index contributed by atoms with van der Waals surface area (Å²) < 4.78 is 25.1. The lowest BCUT2D eigenvalue weighted by molar-refractivity contribution is 0.0949. The first kappa shape index (κ1) is 15.8. The second-order valence-electron chi connectivity index (χ2n) is 6.06. The first-order valence-electron chi connectivity index (χ1n) is 7.10. The number of benzene rings is 1. The van der Waals surface area contributed by atoms with Gasteiger partial charge in [-0.1, -0.05) is 13.8 Å². The Hall–Kier alpha value is -1.56. The van der Waals surface area contributed by atoms with Crippen molar-refractivity contribution in [1.29, 1.82) is 0 Å². The van der Waals surface area contributed by atoms with Gasteiger partial charge in [-0.25, -0.2) is 8.42 Å². The van der Waals surface area contributed by atoms with Crippen LogP contribution in [0.5, 0.6) is 0 Å². The summed E-state index contributed by atoms with van der Waals surface area (Å²) >= 11 is 0. The molecule has 0 saturated carbocycles. The van der Waals surface area contributed by atoms with Gasteiger partial charge in [0.05, 0.1) is 11.9 Å². The third-order valence-corrected chi connectivity index (χ3v) is 4.79. The van der Waals surface area contributed by atoms with Gasteiger partial charge >= 0.3 is 0 Å². The van der Waals surface area contributed by atoms with Crippen molar-refractivity contribution < 1.29 is 13.2 Å². The number of carbonyl (C=O) groups excluding carboxylic acids is 1. The third-order valence-electron chi connectivity index (χ3n) is 3.52. The highest BCUT2D eigenvalue weighted by atomic mass is 32.2. The van der Waals surface area contributed by atoms with Crippen molar-refractivity contribution in [2.45, 2.75) is 33.2 Å². The molecule has 6 heteroatoms. The molecule has 5 nitrogen and oxygen atoms in total. The molecule has 0 bridgehead atoms. The molecule has 21 heavy (non-hydrogen) atoms. The average Bonchev–Trinajstić information content (AvgIpc) is 2.70. The number of amides is 1. The molecule has 0 aliphatic carbocycles. The minimum absolute atomic E-state index is 0.107. The van der Waals surface area contributed by atoms with Crippen molar-refractivity contribution >= 4 is 21.6 Å². The molecule has 1 aromatic carbocycles. The zero-order chi connectivity index (χ0) is 15.8. The lowest BCUT2D eigenvalue weighted by Crippen LogP contribution is -2.34. The van der Waals surface area contributed by atoms with Crippen LogP contribution >= 0.6 is 0 Å². The topological polar surface area (TPSA) is 66.5 Å². The van der Waals surface area contributed by atoms with Gasteiger partial charge in [-0.3, -0.25) is 9.10 Å². The predicted octanol–water partition coefficient (Wildman–Crippen LogP) is 1.78. The Bertz CT molecular complexity index is 653. The number of hydrogen-bond donors (Lipinski definition) is 1. The van der Waals surface area contributed by atoms with Crippen LogP contribution in [0.3, 0.4) is 0 Å². The van der Waals surface area contributed by atoms with Gasteiger partial charge < -0.3 is 5.32 Å². The zero-order valence-electron chi connectivity index (χ0n) is 12.9. The van der Waals surface area contributed by atoms with E-state index >= 15 is 0 Å². The predicted molar refractivity (Wildman–Crippen MR) is 84.1 cm³/mol. The summed E-state index contributed by atoms with van der Waals surface area (Å²) in [6.07, 6.45) is 1.84. The van der Waals surface area contributed by atoms with Gasteiger partial charge in [0.1, 0.15) is 0 Å². The number of fused-ring (bicyclic) bond motifs is 1. The first-order chi connectivity index (χ1) is 9.70. The van der Waals surface area contributed by atoms with E-state index in [1.807, 2.05) is 20.8 Å². The highest BCUT2D eigenvalue weighted by Crippen LogP contribution is 2.34. The van der Waals surface area contributed by atoms with E-state index in [2.05, 4.69) is 5.32 Å². The molecule has 0 spiro atoms. The van der Waals surface area contributed by atoms with E-state index < -0.39 is 10.0 Å². The van der Waals surface area contributed by atoms with E-state index in [1.165, 1.54) is 10.6 Å². The fourth-order valence-corrected chi connectivity index (χ4v) is 3.91. The van der Waals surface area contributed by atoms with Gasteiger partial charge in [0.2, 0.25) is 10.0 Å². The zero-order valence-corrected chi connectivity index (χ0v) is 13.7. The first-order valence-corrected chi connectivity index (χ1v) is 8.95. The number of anilines is 1. The number of nitrogens with one attached hydrogen (secondary N) is 1. The third kappa shape index (κ3) is 3.37. The molecular weight excluding hydrogens is 288 g/mol. The number of nitrogens with zero attached hydrogens (tertiary/aromatic N) is 1. The van der Waals surface area contributed by atoms with Gasteiger partial charge in [0, 0.05) is 18.2 Å². The minimum atomic E-state index is -3.29. The summed E-state index contributed by atoms with van der Waals surface area (Å²) in [7, 11) is -3.29. The average molecular weight is 310 g/mol. The van der Waals surface area contributed by atoms with E-state index in [0.717, 1.165) is 5.56 Å². The molecule has 1 heterocycles. The van der Waals surface area contributed by atoms with Crippen LogP contribution in [0.15, 0.2) is 18.2 Å². The molecule has 1 amide bonds. The van der Waals surface area contributed by atoms with Gasteiger partial charge in [-0.05, 0) is 43.0 Å². The van der Waals surface area contributed by atoms with Crippen LogP contribution in [0.1, 0.15) is 36.7 Å². The number of hydrogen-bond acceptors (Lipinski definition) is 3. The fourth-order valence-electron chi connectivity index (χ4n) is 2.65. The van der Waals surface area contributed by atoms with Gasteiger partial charge in [0.25, 0.3) is 5.91 Å². The molecule has 1 aromatic rings. The molecule has 1 atom stereocenters. The van der Waals surface area contributed by atoms with Crippen molar-refractivity contribution in [2.75, 3.05) is 17.1 Å². The minimum Gasteiger partial charge on any atom is -0.352 e. The van der Waals surface area contributed by atoms with E-state index in [1.54, 1.807) is 18.2 Å². The van der Waals surface area contributed by atoms with Crippen LogP contribution in [0.4, 0.5) is 5.69 Å². The van der Waals surface area contributed by atoms with E-state index in [0.29, 0.717) is 30.1 Å². The van der Waals surface area contributed by atoms with E-state index in [4.69, 9.17) is 0 Å². The van der Waals surface area contributed by atoms with E-state index in [9.17, 15) is 13.2 Å². The fraction of sp³-hybridized carbons (Fsp3) is 0.533. The summed E-state index contributed by atoms with van der Waals surface area (Å²) in [6.45, 7) is 6.57. The summed E-state index contributed by atoms with van der Waals surface area (Å²) in [4.78, 5) is 12.1. The number of sulfonamides is 1. The molecule has 1 N–H and O–H groups in total. The molecule has 0 saturated heterocycles. The van der Waals surface area contributed by atoms with Crippen LogP contribution in [0.25, 0.3) is 0 Å². The summed E-state index contributed by atoms with van der Waals surface area (Å²) in [5.74, 6) is 0.279. The largest absolute Gasteiger partial charge is 0.352 e. The normalized spacial score (nSPS) is 18.0. The molecule has 0 aromatic heterocycles. The Kier molecular flexibility index (Phi) is 4.27. The molecule has 0 unspecified atom stereocenters. The highest BCUT2D eigenvalue weighted by molar-refractivity contribution is 7.92. The van der Waals surface area contributed by atoms with Gasteiger partial charge in [-0.2, -0.15) is 0 Å². The lowest BCUT2D eigenvalue weighted by Gasteiger charge is -2.21. The Balaban J connectivity index is 2.26. The van der Waals surface area contributed by atoms with Crippen molar-refractivity contribution in [3.05, 3.63) is 29.3 Å². The Labute approximate surface area is 126 Å². The molecule has 2 rings (SSSR count). The molecule has 0 radical (unpaired) electrons. The molecule has 116 valence electrons. The van der Waals surface area contributed by atoms with Crippen LogP contribution in [0.2, 0.25) is 0 Å². The quantitative estimate of drug-likeness (QED) is 0.922. The summed E-state index contributed by atoms with van der Waals surface area (Å²) in [5, 5.41) is 2.87. The Morgan fingerprint density at radius 2 is 2.10 bits per heavy atom. The van der Waals surface area contributed by atoms with Crippen LogP contribution in [0, 0.1) is 5.92 Å². The van der Waals surface area contributed by atoms with Crippen LogP contribution in [-0.2, 0) is 16.4 Å². The van der Waals surface area contributed by atoms with Crippen molar-refractivity contribution in [3.8, 4) is 0 Å². The Morgan fingerprint density at radius 3 is 2.67 bits per heavy atom. The van der Waals surface area contributed by atoms with Crippen LogP contribution in [-0.4, -0.2) is 33.2 Å². The SMILES string of the molecule is CC(C)CNC(=O)c1ccc2c(c1)C[C@H](C)N2S(C)(=O)=O. The van der Waals surface area contributed by atoms with Crippen LogP contribution < -0.4 is 9.62 Å². The Morgan fingerprint density at radius 1 is 1.43 bits per heavy atom. The highest BCUT2D eigenvalue weighted by Gasteiger charge is 2.32.